The minimum absolute atomic E-state index is 0.0414. The smallest absolute Gasteiger partial charge is 0.356 e. The van der Waals surface area contributed by atoms with Crippen LogP contribution in [0.2, 0.25) is 0 Å². The molecule has 3 aromatic carbocycles. The molecule has 0 aliphatic heterocycles. The number of hydrogen-bond acceptors (Lipinski definition) is 5. The maximum atomic E-state index is 13.9. The van der Waals surface area contributed by atoms with Crippen LogP contribution in [0.5, 0.6) is 0 Å². The minimum atomic E-state index is -4.12. The third kappa shape index (κ3) is 4.52. The first-order valence-electron chi connectivity index (χ1n) is 11.5. The fraction of sp³-hybridized carbons (Fsp3) is 0.179. The topological polar surface area (TPSA) is 91.4 Å². The molecule has 7 heteroatoms. The summed E-state index contributed by atoms with van der Waals surface area (Å²) < 4.78 is 34.3. The van der Waals surface area contributed by atoms with Crippen molar-refractivity contribution < 1.29 is 17.9 Å². The van der Waals surface area contributed by atoms with Crippen molar-refractivity contribution in [3.63, 3.8) is 0 Å². The largest absolute Gasteiger partial charge is 0.461 e. The molecule has 0 aliphatic carbocycles. The average molecular weight is 489 g/mol. The number of aromatic nitrogens is 1. The highest BCUT2D eigenvalue weighted by Crippen LogP contribution is 2.40. The van der Waals surface area contributed by atoms with Crippen molar-refractivity contribution in [3.8, 4) is 11.1 Å². The number of ether oxygens (including phenoxy) is 1. The molecule has 0 fully saturated rings. The second-order valence-corrected chi connectivity index (χ2v) is 9.89. The van der Waals surface area contributed by atoms with Gasteiger partial charge in [-0.15, -0.1) is 6.58 Å². The second kappa shape index (κ2) is 10.3. The van der Waals surface area contributed by atoms with Gasteiger partial charge in [0.25, 0.3) is 10.0 Å². The summed E-state index contributed by atoms with van der Waals surface area (Å²) in [6.07, 6.45) is 3.20. The lowest BCUT2D eigenvalue weighted by atomic mass is 9.91. The zero-order valence-corrected chi connectivity index (χ0v) is 20.4. The van der Waals surface area contributed by atoms with E-state index in [2.05, 4.69) is 6.58 Å². The molecular formula is C28H28N2O4S. The van der Waals surface area contributed by atoms with E-state index in [1.54, 1.807) is 37.3 Å². The molecule has 0 unspecified atom stereocenters. The van der Waals surface area contributed by atoms with Crippen molar-refractivity contribution in [3.05, 3.63) is 103 Å². The number of fused-ring (bicyclic) bond motifs is 1. The van der Waals surface area contributed by atoms with Gasteiger partial charge < -0.3 is 10.5 Å². The molecule has 1 atom stereocenters. The Hall–Kier alpha value is -3.68. The van der Waals surface area contributed by atoms with E-state index in [-0.39, 0.29) is 23.2 Å². The summed E-state index contributed by atoms with van der Waals surface area (Å²) in [5.74, 6) is -0.715. The molecule has 2 N–H and O–H groups in total. The number of carbonyl (C=O) groups is 1. The van der Waals surface area contributed by atoms with Gasteiger partial charge in [-0.3, -0.25) is 0 Å². The molecule has 35 heavy (non-hydrogen) atoms. The maximum absolute atomic E-state index is 13.9. The number of nitrogens with two attached hydrogens (primary N) is 1. The van der Waals surface area contributed by atoms with E-state index in [4.69, 9.17) is 10.5 Å². The highest BCUT2D eigenvalue weighted by Gasteiger charge is 2.33. The van der Waals surface area contributed by atoms with E-state index in [0.29, 0.717) is 28.5 Å². The molecule has 4 rings (SSSR count). The van der Waals surface area contributed by atoms with Crippen LogP contribution in [0.3, 0.4) is 0 Å². The van der Waals surface area contributed by atoms with Crippen molar-refractivity contribution in [2.45, 2.75) is 30.7 Å². The van der Waals surface area contributed by atoms with Gasteiger partial charge in [-0.05, 0) is 49.1 Å². The van der Waals surface area contributed by atoms with Crippen molar-refractivity contribution in [1.29, 1.82) is 0 Å². The molecule has 4 aromatic rings. The van der Waals surface area contributed by atoms with Crippen molar-refractivity contribution in [2.24, 2.45) is 5.73 Å². The Morgan fingerprint density at radius 2 is 1.69 bits per heavy atom. The molecule has 6 nitrogen and oxygen atoms in total. The number of nitrogens with zero attached hydrogens (tertiary/aromatic N) is 1. The number of esters is 1. The van der Waals surface area contributed by atoms with Crippen LogP contribution in [0.25, 0.3) is 22.0 Å². The van der Waals surface area contributed by atoms with E-state index in [1.165, 1.54) is 12.1 Å². The lowest BCUT2D eigenvalue weighted by molar-refractivity contribution is 0.0519. The zero-order valence-electron chi connectivity index (χ0n) is 19.6. The fourth-order valence-corrected chi connectivity index (χ4v) is 5.85. The van der Waals surface area contributed by atoms with Gasteiger partial charge in [0.1, 0.15) is 0 Å². The predicted molar refractivity (Wildman–Crippen MR) is 139 cm³/mol. The van der Waals surface area contributed by atoms with Gasteiger partial charge in [0.05, 0.1) is 17.0 Å². The molecule has 180 valence electrons. The summed E-state index contributed by atoms with van der Waals surface area (Å²) in [5.41, 5.74) is 8.90. The number of benzene rings is 3. The maximum Gasteiger partial charge on any atom is 0.356 e. The zero-order chi connectivity index (χ0) is 25.0. The van der Waals surface area contributed by atoms with Crippen LogP contribution in [-0.4, -0.2) is 25.0 Å². The lowest BCUT2D eigenvalue weighted by Crippen LogP contribution is -2.20. The molecule has 1 heterocycles. The van der Waals surface area contributed by atoms with Gasteiger partial charge in [-0.2, -0.15) is 0 Å². The molecule has 0 saturated carbocycles. The first kappa shape index (κ1) is 24.4. The van der Waals surface area contributed by atoms with Gasteiger partial charge >= 0.3 is 5.97 Å². The molecule has 0 aliphatic rings. The Morgan fingerprint density at radius 3 is 2.40 bits per heavy atom. The molecule has 1 aromatic heterocycles. The van der Waals surface area contributed by atoms with Crippen LogP contribution in [0.4, 0.5) is 0 Å². The second-order valence-electron chi connectivity index (χ2n) is 8.10. The molecule has 0 bridgehead atoms. The highest BCUT2D eigenvalue weighted by molar-refractivity contribution is 7.90. The highest BCUT2D eigenvalue weighted by atomic mass is 32.2. The Morgan fingerprint density at radius 1 is 1.03 bits per heavy atom. The van der Waals surface area contributed by atoms with Crippen LogP contribution >= 0.6 is 0 Å². The SMILES string of the molecule is C=CCC[C@@H](N)c1ccccc1-c1c(C(=O)OCC)n(S(=O)(=O)c2ccccc2)c2ccccc12. The summed E-state index contributed by atoms with van der Waals surface area (Å²) in [4.78, 5) is 13.5. The lowest BCUT2D eigenvalue weighted by Gasteiger charge is -2.17. The summed E-state index contributed by atoms with van der Waals surface area (Å²) in [5, 5.41) is 0.624. The summed E-state index contributed by atoms with van der Waals surface area (Å²) in [6, 6.07) is 22.3. The quantitative estimate of drug-likeness (QED) is 0.241. The van der Waals surface area contributed by atoms with E-state index in [0.717, 1.165) is 16.0 Å². The third-order valence-electron chi connectivity index (χ3n) is 5.89. The van der Waals surface area contributed by atoms with Gasteiger partial charge in [-0.1, -0.05) is 66.7 Å². The molecule has 0 radical (unpaired) electrons. The van der Waals surface area contributed by atoms with Gasteiger partial charge in [0.2, 0.25) is 0 Å². The van der Waals surface area contributed by atoms with E-state index >= 15 is 0 Å². The van der Waals surface area contributed by atoms with Gasteiger partial charge in [-0.25, -0.2) is 17.2 Å². The minimum Gasteiger partial charge on any atom is -0.461 e. The van der Waals surface area contributed by atoms with Crippen LogP contribution in [0, 0.1) is 0 Å². The number of carbonyl (C=O) groups excluding carboxylic acids is 1. The monoisotopic (exact) mass is 488 g/mol. The van der Waals surface area contributed by atoms with Crippen LogP contribution in [0.15, 0.2) is 96.4 Å². The number of hydrogen-bond donors (Lipinski definition) is 1. The van der Waals surface area contributed by atoms with Crippen molar-refractivity contribution in [1.82, 2.24) is 3.97 Å². The molecule has 0 saturated heterocycles. The van der Waals surface area contributed by atoms with Gasteiger partial charge in [0.15, 0.2) is 5.69 Å². The standard InChI is InChI=1S/C28H28N2O4S/c1-3-5-18-24(29)21-15-9-10-16-22(21)26-23-17-11-12-19-25(23)30(27(26)28(31)34-4-2)35(32,33)20-13-7-6-8-14-20/h3,6-17,19,24H,1,4-5,18,29H2,2H3/t24-/m1/s1. The Bertz CT molecular complexity index is 1470. The van der Waals surface area contributed by atoms with E-state index in [9.17, 15) is 13.2 Å². The number of para-hydroxylation sites is 1. The van der Waals surface area contributed by atoms with Gasteiger partial charge in [0, 0.05) is 17.0 Å². The first-order valence-corrected chi connectivity index (χ1v) is 12.9. The van der Waals surface area contributed by atoms with Crippen molar-refractivity contribution >= 4 is 26.9 Å². The van der Waals surface area contributed by atoms with Crippen LogP contribution in [0.1, 0.15) is 41.9 Å². The Kier molecular flexibility index (Phi) is 7.19. The molecule has 0 amide bonds. The number of rotatable bonds is 9. The molecule has 0 spiro atoms. The Labute approximate surface area is 205 Å². The first-order chi connectivity index (χ1) is 16.9. The summed E-state index contributed by atoms with van der Waals surface area (Å²) >= 11 is 0. The normalized spacial score (nSPS) is 12.4. The average Bonchev–Trinajstić information content (AvgIpc) is 3.24. The van der Waals surface area contributed by atoms with Crippen molar-refractivity contribution in [2.75, 3.05) is 6.61 Å². The Balaban J connectivity index is 2.11. The third-order valence-corrected chi connectivity index (χ3v) is 7.62. The van der Waals surface area contributed by atoms with E-state index < -0.39 is 16.0 Å². The summed E-state index contributed by atoms with van der Waals surface area (Å²) in [6.45, 7) is 5.57. The molecular weight excluding hydrogens is 460 g/mol. The van der Waals surface area contributed by atoms with E-state index in [1.807, 2.05) is 42.5 Å². The summed E-state index contributed by atoms with van der Waals surface area (Å²) in [7, 11) is -4.12. The fourth-order valence-electron chi connectivity index (χ4n) is 4.32. The number of allylic oxidation sites excluding steroid dienone is 1. The van der Waals surface area contributed by atoms with Crippen LogP contribution in [-0.2, 0) is 14.8 Å². The van der Waals surface area contributed by atoms with Crippen LogP contribution < -0.4 is 5.73 Å². The predicted octanol–water partition coefficient (Wildman–Crippen LogP) is 5.69.